The van der Waals surface area contributed by atoms with Crippen LogP contribution in [0.4, 0.5) is 0 Å². The number of thioether (sulfide) groups is 1. The number of carbonyl (C=O) groups excluding carboxylic acids is 1. The number of hydrogen-bond acceptors (Lipinski definition) is 3. The van der Waals surface area contributed by atoms with Gasteiger partial charge in [-0.3, -0.25) is 4.79 Å². The van der Waals surface area contributed by atoms with Crippen LogP contribution in [0.5, 0.6) is 0 Å². The molecule has 118 valence electrons. The Morgan fingerprint density at radius 2 is 2.04 bits per heavy atom. The van der Waals surface area contributed by atoms with Crippen LogP contribution >= 0.6 is 11.8 Å². The lowest BCUT2D eigenvalue weighted by atomic mass is 10.1. The zero-order valence-electron chi connectivity index (χ0n) is 13.0. The van der Waals surface area contributed by atoms with Crippen molar-refractivity contribution in [1.82, 2.24) is 14.9 Å². The Kier molecular flexibility index (Phi) is 4.98. The summed E-state index contributed by atoms with van der Waals surface area (Å²) in [6.07, 6.45) is 4.70. The van der Waals surface area contributed by atoms with Crippen LogP contribution in [-0.2, 0) is 18.3 Å². The molecular formula is C18H19N3OS. The molecule has 1 aromatic carbocycles. The van der Waals surface area contributed by atoms with Crippen molar-refractivity contribution in [3.05, 3.63) is 60.4 Å². The molecule has 0 saturated carbocycles. The lowest BCUT2D eigenvalue weighted by Gasteiger charge is -2.05. The molecule has 1 N–H and O–H groups in total. The van der Waals surface area contributed by atoms with Crippen molar-refractivity contribution < 1.29 is 4.79 Å². The zero-order chi connectivity index (χ0) is 16.1. The number of nitrogens with one attached hydrogen (secondary N) is 1. The van der Waals surface area contributed by atoms with Crippen LogP contribution in [0.3, 0.4) is 0 Å². The summed E-state index contributed by atoms with van der Waals surface area (Å²) < 4.78 is 2.03. The van der Waals surface area contributed by atoms with E-state index >= 15 is 0 Å². The first kappa shape index (κ1) is 15.6. The number of benzene rings is 1. The number of nitrogens with zero attached hydrogens (tertiary/aromatic N) is 2. The van der Waals surface area contributed by atoms with E-state index in [4.69, 9.17) is 0 Å². The molecule has 0 aliphatic rings. The summed E-state index contributed by atoms with van der Waals surface area (Å²) in [4.78, 5) is 17.4. The SMILES string of the molecule is Cn1cc(CCNC(=O)CSc2ccccc2)c2cccnc21. The van der Waals surface area contributed by atoms with E-state index in [9.17, 15) is 4.79 Å². The molecule has 0 aliphatic carbocycles. The number of aromatic nitrogens is 2. The van der Waals surface area contributed by atoms with Crippen LogP contribution < -0.4 is 5.32 Å². The fourth-order valence-electron chi connectivity index (χ4n) is 2.55. The van der Waals surface area contributed by atoms with Crippen LogP contribution in [0.15, 0.2) is 59.8 Å². The highest BCUT2D eigenvalue weighted by Crippen LogP contribution is 2.18. The molecule has 5 heteroatoms. The van der Waals surface area contributed by atoms with Crippen molar-refractivity contribution in [2.45, 2.75) is 11.3 Å². The molecule has 2 aromatic heterocycles. The van der Waals surface area contributed by atoms with Crippen LogP contribution in [0.25, 0.3) is 11.0 Å². The van der Waals surface area contributed by atoms with Gasteiger partial charge in [-0.05, 0) is 36.2 Å². The largest absolute Gasteiger partial charge is 0.355 e. The molecule has 3 aromatic rings. The number of amides is 1. The van der Waals surface area contributed by atoms with Gasteiger partial charge in [-0.15, -0.1) is 11.8 Å². The molecule has 0 saturated heterocycles. The number of fused-ring (bicyclic) bond motifs is 1. The Morgan fingerprint density at radius 3 is 2.87 bits per heavy atom. The predicted molar refractivity (Wildman–Crippen MR) is 94.6 cm³/mol. The molecule has 3 rings (SSSR count). The molecule has 0 radical (unpaired) electrons. The smallest absolute Gasteiger partial charge is 0.230 e. The second-order valence-corrected chi connectivity index (χ2v) is 6.39. The van der Waals surface area contributed by atoms with Gasteiger partial charge in [-0.25, -0.2) is 4.98 Å². The summed E-state index contributed by atoms with van der Waals surface area (Å²) in [7, 11) is 1.99. The molecule has 2 heterocycles. The van der Waals surface area contributed by atoms with Gasteiger partial charge < -0.3 is 9.88 Å². The van der Waals surface area contributed by atoms with Gasteiger partial charge in [-0.2, -0.15) is 0 Å². The van der Waals surface area contributed by atoms with Crippen molar-refractivity contribution in [2.24, 2.45) is 7.05 Å². The van der Waals surface area contributed by atoms with Gasteiger partial charge in [0.1, 0.15) is 5.65 Å². The van der Waals surface area contributed by atoms with Crippen molar-refractivity contribution in [2.75, 3.05) is 12.3 Å². The number of pyridine rings is 1. The van der Waals surface area contributed by atoms with Crippen LogP contribution in [0.1, 0.15) is 5.56 Å². The normalized spacial score (nSPS) is 10.8. The summed E-state index contributed by atoms with van der Waals surface area (Å²) >= 11 is 1.56. The molecule has 23 heavy (non-hydrogen) atoms. The van der Waals surface area contributed by atoms with Crippen molar-refractivity contribution in [3.63, 3.8) is 0 Å². The summed E-state index contributed by atoms with van der Waals surface area (Å²) in [6.45, 7) is 0.641. The maximum Gasteiger partial charge on any atom is 0.230 e. The van der Waals surface area contributed by atoms with E-state index in [2.05, 4.69) is 22.6 Å². The standard InChI is InChI=1S/C18H19N3OS/c1-21-12-14(16-8-5-10-20-18(16)21)9-11-19-17(22)13-23-15-6-3-2-4-7-15/h2-8,10,12H,9,11,13H2,1H3,(H,19,22). The fourth-order valence-corrected chi connectivity index (χ4v) is 3.29. The summed E-state index contributed by atoms with van der Waals surface area (Å²) in [6, 6.07) is 14.0. The first-order chi connectivity index (χ1) is 11.2. The summed E-state index contributed by atoms with van der Waals surface area (Å²) in [5.74, 6) is 0.512. The monoisotopic (exact) mass is 325 g/mol. The van der Waals surface area contributed by atoms with Gasteiger partial charge in [0.05, 0.1) is 5.75 Å². The number of aryl methyl sites for hydroxylation is 1. The summed E-state index contributed by atoms with van der Waals surface area (Å²) in [5.41, 5.74) is 2.19. The minimum atomic E-state index is 0.0669. The average molecular weight is 325 g/mol. The first-order valence-corrected chi connectivity index (χ1v) is 8.56. The molecule has 0 spiro atoms. The Bertz CT molecular complexity index is 798. The average Bonchev–Trinajstić information content (AvgIpc) is 2.91. The van der Waals surface area contributed by atoms with Crippen LogP contribution in [0, 0.1) is 0 Å². The zero-order valence-corrected chi connectivity index (χ0v) is 13.8. The van der Waals surface area contributed by atoms with E-state index in [0.29, 0.717) is 12.3 Å². The van der Waals surface area contributed by atoms with Crippen molar-refractivity contribution in [3.8, 4) is 0 Å². The third kappa shape index (κ3) is 3.93. The Morgan fingerprint density at radius 1 is 1.22 bits per heavy atom. The topological polar surface area (TPSA) is 46.9 Å². The van der Waals surface area contributed by atoms with E-state index in [1.807, 2.05) is 48.0 Å². The molecule has 0 atom stereocenters. The lowest BCUT2D eigenvalue weighted by molar-refractivity contribution is -0.118. The van der Waals surface area contributed by atoms with E-state index < -0.39 is 0 Å². The Hall–Kier alpha value is -2.27. The molecular weight excluding hydrogens is 306 g/mol. The van der Waals surface area contributed by atoms with Crippen molar-refractivity contribution in [1.29, 1.82) is 0 Å². The highest BCUT2D eigenvalue weighted by atomic mass is 32.2. The lowest BCUT2D eigenvalue weighted by Crippen LogP contribution is -2.27. The second-order valence-electron chi connectivity index (χ2n) is 5.34. The first-order valence-electron chi connectivity index (χ1n) is 7.57. The molecule has 0 aliphatic heterocycles. The van der Waals surface area contributed by atoms with Gasteiger partial charge in [0.2, 0.25) is 5.91 Å². The van der Waals surface area contributed by atoms with E-state index in [0.717, 1.165) is 22.3 Å². The number of rotatable bonds is 6. The molecule has 0 fully saturated rings. The highest BCUT2D eigenvalue weighted by Gasteiger charge is 2.08. The van der Waals surface area contributed by atoms with E-state index in [1.165, 1.54) is 5.56 Å². The maximum atomic E-state index is 11.9. The highest BCUT2D eigenvalue weighted by molar-refractivity contribution is 8.00. The fraction of sp³-hybridized carbons (Fsp3) is 0.222. The molecule has 0 bridgehead atoms. The molecule has 0 unspecified atom stereocenters. The van der Waals surface area contributed by atoms with Gasteiger partial charge in [0, 0.05) is 36.3 Å². The maximum absolute atomic E-state index is 11.9. The Balaban J connectivity index is 1.50. The molecule has 1 amide bonds. The summed E-state index contributed by atoms with van der Waals surface area (Å²) in [5, 5.41) is 4.14. The number of carbonyl (C=O) groups is 1. The quantitative estimate of drug-likeness (QED) is 0.709. The predicted octanol–water partition coefficient (Wildman–Crippen LogP) is 3.02. The molecule has 4 nitrogen and oxygen atoms in total. The van der Waals surface area contributed by atoms with Gasteiger partial charge in [0.15, 0.2) is 0 Å². The number of hydrogen-bond donors (Lipinski definition) is 1. The van der Waals surface area contributed by atoms with Gasteiger partial charge >= 0.3 is 0 Å². The van der Waals surface area contributed by atoms with E-state index in [-0.39, 0.29) is 5.91 Å². The van der Waals surface area contributed by atoms with Crippen LogP contribution in [-0.4, -0.2) is 27.8 Å². The van der Waals surface area contributed by atoms with E-state index in [1.54, 1.807) is 18.0 Å². The second kappa shape index (κ2) is 7.33. The van der Waals surface area contributed by atoms with Gasteiger partial charge in [0.25, 0.3) is 0 Å². The third-order valence-electron chi connectivity index (χ3n) is 3.65. The Labute approximate surface area is 139 Å². The third-order valence-corrected chi connectivity index (χ3v) is 4.66. The van der Waals surface area contributed by atoms with Crippen molar-refractivity contribution >= 4 is 28.7 Å². The minimum Gasteiger partial charge on any atom is -0.355 e. The van der Waals surface area contributed by atoms with Crippen LogP contribution in [0.2, 0.25) is 0 Å². The minimum absolute atomic E-state index is 0.0669. The van der Waals surface area contributed by atoms with Gasteiger partial charge in [-0.1, -0.05) is 18.2 Å².